The number of aryl methyl sites for hydroxylation is 1. The van der Waals surface area contributed by atoms with E-state index >= 15 is 0 Å². The molecule has 0 atom stereocenters. The van der Waals surface area contributed by atoms with Gasteiger partial charge in [-0.2, -0.15) is 0 Å². The Bertz CT molecular complexity index is 584. The number of hydrogen-bond donors (Lipinski definition) is 1. The van der Waals surface area contributed by atoms with Crippen LogP contribution in [0.5, 0.6) is 5.75 Å². The van der Waals surface area contributed by atoms with Gasteiger partial charge in [-0.15, -0.1) is 0 Å². The molecule has 4 heteroatoms. The number of hydrogen-bond acceptors (Lipinski definition) is 2. The molecule has 2 rings (SSSR count). The lowest BCUT2D eigenvalue weighted by Gasteiger charge is -2.14. The van der Waals surface area contributed by atoms with Crippen molar-refractivity contribution in [3.05, 3.63) is 63.1 Å². The quantitative estimate of drug-likeness (QED) is 0.911. The van der Waals surface area contributed by atoms with E-state index in [1.165, 1.54) is 0 Å². The van der Waals surface area contributed by atoms with Crippen molar-refractivity contribution < 1.29 is 4.74 Å². The van der Waals surface area contributed by atoms with Crippen molar-refractivity contribution in [2.45, 2.75) is 20.1 Å². The number of benzene rings is 2. The van der Waals surface area contributed by atoms with Gasteiger partial charge in [-0.05, 0) is 30.7 Å². The third-order valence-corrected chi connectivity index (χ3v) is 3.50. The normalized spacial score (nSPS) is 10.5. The molecule has 0 saturated heterocycles. The van der Waals surface area contributed by atoms with E-state index in [1.54, 1.807) is 12.1 Å². The molecule has 0 spiro atoms. The van der Waals surface area contributed by atoms with Crippen molar-refractivity contribution in [1.82, 2.24) is 0 Å². The molecular weight excluding hydrogens is 281 g/mol. The van der Waals surface area contributed by atoms with Crippen molar-refractivity contribution in [3.63, 3.8) is 0 Å². The van der Waals surface area contributed by atoms with Crippen molar-refractivity contribution in [1.29, 1.82) is 0 Å². The fraction of sp³-hybridized carbons (Fsp3) is 0.200. The molecule has 0 unspecified atom stereocenters. The average Bonchev–Trinajstić information content (AvgIpc) is 2.40. The molecule has 2 nitrogen and oxygen atoms in total. The van der Waals surface area contributed by atoms with Crippen LogP contribution in [0.2, 0.25) is 10.0 Å². The van der Waals surface area contributed by atoms with Crippen LogP contribution in [-0.4, -0.2) is 0 Å². The number of nitrogens with two attached hydrogens (primary N) is 1. The first-order valence-corrected chi connectivity index (χ1v) is 6.72. The van der Waals surface area contributed by atoms with Crippen LogP contribution in [0.4, 0.5) is 0 Å². The smallest absolute Gasteiger partial charge is 0.127 e. The highest BCUT2D eigenvalue weighted by molar-refractivity contribution is 6.33. The molecule has 0 aromatic heterocycles. The van der Waals surface area contributed by atoms with Crippen molar-refractivity contribution >= 4 is 23.2 Å². The topological polar surface area (TPSA) is 35.2 Å². The maximum Gasteiger partial charge on any atom is 0.127 e. The van der Waals surface area contributed by atoms with E-state index in [2.05, 4.69) is 0 Å². The van der Waals surface area contributed by atoms with Crippen LogP contribution >= 0.6 is 23.2 Å². The maximum absolute atomic E-state index is 6.11. The highest BCUT2D eigenvalue weighted by atomic mass is 35.5. The summed E-state index contributed by atoms with van der Waals surface area (Å²) in [7, 11) is 0. The zero-order valence-electron chi connectivity index (χ0n) is 10.6. The van der Waals surface area contributed by atoms with E-state index in [9.17, 15) is 0 Å². The molecule has 100 valence electrons. The molecule has 0 aliphatic heterocycles. The van der Waals surface area contributed by atoms with Crippen LogP contribution in [-0.2, 0) is 13.2 Å². The minimum Gasteiger partial charge on any atom is -0.488 e. The predicted molar refractivity (Wildman–Crippen MR) is 79.9 cm³/mol. The van der Waals surface area contributed by atoms with E-state index in [-0.39, 0.29) is 0 Å². The molecule has 0 bridgehead atoms. The number of ether oxygens (including phenoxy) is 1. The highest BCUT2D eigenvalue weighted by Gasteiger charge is 2.08. The Morgan fingerprint density at radius 2 is 1.89 bits per heavy atom. The van der Waals surface area contributed by atoms with Crippen LogP contribution in [0.1, 0.15) is 16.7 Å². The van der Waals surface area contributed by atoms with E-state index in [0.29, 0.717) is 23.2 Å². The molecule has 0 aliphatic carbocycles. The van der Waals surface area contributed by atoms with Crippen molar-refractivity contribution in [2.24, 2.45) is 5.73 Å². The molecule has 0 amide bonds. The Hall–Kier alpha value is -1.22. The van der Waals surface area contributed by atoms with E-state index < -0.39 is 0 Å². The van der Waals surface area contributed by atoms with Gasteiger partial charge in [-0.3, -0.25) is 0 Å². The van der Waals surface area contributed by atoms with Crippen LogP contribution in [0.3, 0.4) is 0 Å². The monoisotopic (exact) mass is 295 g/mol. The minimum atomic E-state index is 0.372. The zero-order valence-corrected chi connectivity index (χ0v) is 12.1. The number of para-hydroxylation sites is 1. The van der Waals surface area contributed by atoms with Crippen LogP contribution < -0.4 is 10.5 Å². The Morgan fingerprint density at radius 3 is 2.63 bits per heavy atom. The molecule has 2 N–H and O–H groups in total. The van der Waals surface area contributed by atoms with Gasteiger partial charge in [-0.25, -0.2) is 0 Å². The number of halogens is 2. The van der Waals surface area contributed by atoms with Gasteiger partial charge >= 0.3 is 0 Å². The Morgan fingerprint density at radius 1 is 1.11 bits per heavy atom. The Kier molecular flexibility index (Phi) is 4.70. The fourth-order valence-corrected chi connectivity index (χ4v) is 2.25. The fourth-order valence-electron chi connectivity index (χ4n) is 1.88. The second-order valence-electron chi connectivity index (χ2n) is 4.29. The molecule has 0 saturated carbocycles. The minimum absolute atomic E-state index is 0.372. The Balaban J connectivity index is 2.21. The molecule has 0 radical (unpaired) electrons. The SMILES string of the molecule is Cc1cccc(CN)c1OCc1cc(Cl)ccc1Cl. The largest absolute Gasteiger partial charge is 0.488 e. The summed E-state index contributed by atoms with van der Waals surface area (Å²) in [6, 6.07) is 11.3. The molecule has 2 aromatic rings. The van der Waals surface area contributed by atoms with E-state index in [4.69, 9.17) is 33.7 Å². The summed E-state index contributed by atoms with van der Waals surface area (Å²) in [5.41, 5.74) is 8.62. The van der Waals surface area contributed by atoms with Gasteiger partial charge in [0, 0.05) is 27.7 Å². The number of rotatable bonds is 4. The van der Waals surface area contributed by atoms with E-state index in [1.807, 2.05) is 31.2 Å². The van der Waals surface area contributed by atoms with Crippen LogP contribution in [0.15, 0.2) is 36.4 Å². The first kappa shape index (κ1) is 14.2. The lowest BCUT2D eigenvalue weighted by atomic mass is 10.1. The molecule has 19 heavy (non-hydrogen) atoms. The van der Waals surface area contributed by atoms with Gasteiger partial charge < -0.3 is 10.5 Å². The summed E-state index contributed by atoms with van der Waals surface area (Å²) in [5, 5.41) is 1.29. The summed E-state index contributed by atoms with van der Waals surface area (Å²) in [6.07, 6.45) is 0. The average molecular weight is 296 g/mol. The highest BCUT2D eigenvalue weighted by Crippen LogP contribution is 2.26. The maximum atomic E-state index is 6.11. The van der Waals surface area contributed by atoms with Crippen LogP contribution in [0, 0.1) is 6.92 Å². The predicted octanol–water partition coefficient (Wildman–Crippen LogP) is 4.34. The molecule has 0 aliphatic rings. The molecular formula is C15H15Cl2NO. The summed E-state index contributed by atoms with van der Waals surface area (Å²) in [6.45, 7) is 2.81. The second kappa shape index (κ2) is 6.29. The van der Waals surface area contributed by atoms with Gasteiger partial charge in [-0.1, -0.05) is 41.4 Å². The summed E-state index contributed by atoms with van der Waals surface area (Å²) in [4.78, 5) is 0. The van der Waals surface area contributed by atoms with Gasteiger partial charge in [0.15, 0.2) is 0 Å². The zero-order chi connectivity index (χ0) is 13.8. The lowest BCUT2D eigenvalue weighted by Crippen LogP contribution is -2.04. The second-order valence-corrected chi connectivity index (χ2v) is 5.14. The van der Waals surface area contributed by atoms with E-state index in [0.717, 1.165) is 22.4 Å². The summed E-state index contributed by atoms with van der Waals surface area (Å²) in [5.74, 6) is 0.820. The first-order valence-electron chi connectivity index (χ1n) is 5.97. The molecule has 0 fully saturated rings. The standard InChI is InChI=1S/C15H15Cl2NO/c1-10-3-2-4-11(8-18)15(10)19-9-12-7-13(16)5-6-14(12)17/h2-7H,8-9,18H2,1H3. The Labute approximate surface area is 123 Å². The molecule has 0 heterocycles. The van der Waals surface area contributed by atoms with Gasteiger partial charge in [0.1, 0.15) is 12.4 Å². The van der Waals surface area contributed by atoms with Crippen molar-refractivity contribution in [3.8, 4) is 5.75 Å². The third-order valence-electron chi connectivity index (χ3n) is 2.89. The first-order chi connectivity index (χ1) is 9.11. The third kappa shape index (κ3) is 3.41. The molecule has 2 aromatic carbocycles. The van der Waals surface area contributed by atoms with Gasteiger partial charge in [0.25, 0.3) is 0 Å². The summed E-state index contributed by atoms with van der Waals surface area (Å²) < 4.78 is 5.86. The van der Waals surface area contributed by atoms with Crippen LogP contribution in [0.25, 0.3) is 0 Å². The van der Waals surface area contributed by atoms with Gasteiger partial charge in [0.2, 0.25) is 0 Å². The lowest BCUT2D eigenvalue weighted by molar-refractivity contribution is 0.301. The van der Waals surface area contributed by atoms with Gasteiger partial charge in [0.05, 0.1) is 0 Å². The summed E-state index contributed by atoms with van der Waals surface area (Å²) >= 11 is 12.1. The van der Waals surface area contributed by atoms with Crippen molar-refractivity contribution in [2.75, 3.05) is 0 Å².